The molecule has 0 unspecified atom stereocenters. The van der Waals surface area contributed by atoms with E-state index in [-0.39, 0.29) is 0 Å². The molecule has 2 heteroatoms. The monoisotopic (exact) mass is 289 g/mol. The van der Waals surface area contributed by atoms with Gasteiger partial charge >= 0.3 is 0 Å². The van der Waals surface area contributed by atoms with Crippen molar-refractivity contribution in [3.8, 4) is 11.1 Å². The van der Waals surface area contributed by atoms with E-state index in [0.29, 0.717) is 11.4 Å². The Bertz CT molecular complexity index is 894. The van der Waals surface area contributed by atoms with Crippen molar-refractivity contribution in [1.29, 1.82) is 0 Å². The Labute approximate surface area is 130 Å². The highest BCUT2D eigenvalue weighted by Gasteiger charge is 2.23. The fourth-order valence-electron chi connectivity index (χ4n) is 3.04. The standard InChI is InChI=1S/C20H19NO/c1-13(2)20-19(16-10-6-5-9-14(16)3)18-12-8-7-11-17(18)15(4)21(20)22/h5-12H,1H2,2-4H3. The molecule has 0 bridgehead atoms. The van der Waals surface area contributed by atoms with Gasteiger partial charge in [-0.05, 0) is 31.0 Å². The Morgan fingerprint density at radius 3 is 2.18 bits per heavy atom. The quantitative estimate of drug-likeness (QED) is 0.492. The second kappa shape index (κ2) is 5.30. The highest BCUT2D eigenvalue weighted by molar-refractivity contribution is 6.01. The van der Waals surface area contributed by atoms with Crippen LogP contribution in [0.15, 0.2) is 55.1 Å². The molecular weight excluding hydrogens is 270 g/mol. The van der Waals surface area contributed by atoms with Crippen LogP contribution in [0.4, 0.5) is 0 Å². The summed E-state index contributed by atoms with van der Waals surface area (Å²) in [5, 5.41) is 14.9. The van der Waals surface area contributed by atoms with Crippen molar-refractivity contribution in [2.45, 2.75) is 20.8 Å². The first kappa shape index (κ1) is 14.3. The molecule has 110 valence electrons. The first-order chi connectivity index (χ1) is 10.5. The number of benzene rings is 2. The molecule has 3 aromatic rings. The number of hydrogen-bond acceptors (Lipinski definition) is 1. The van der Waals surface area contributed by atoms with Gasteiger partial charge in [0, 0.05) is 17.9 Å². The van der Waals surface area contributed by atoms with Crippen LogP contribution in [0.2, 0.25) is 0 Å². The van der Waals surface area contributed by atoms with Crippen molar-refractivity contribution in [3.05, 3.63) is 77.3 Å². The topological polar surface area (TPSA) is 26.9 Å². The lowest BCUT2D eigenvalue weighted by atomic mass is 9.91. The maximum absolute atomic E-state index is 12.8. The van der Waals surface area contributed by atoms with Crippen molar-refractivity contribution in [3.63, 3.8) is 0 Å². The minimum atomic E-state index is 0.658. The van der Waals surface area contributed by atoms with Crippen LogP contribution in [0, 0.1) is 19.1 Å². The Balaban J connectivity index is 2.57. The number of allylic oxidation sites excluding steroid dienone is 1. The van der Waals surface area contributed by atoms with Gasteiger partial charge in [-0.25, -0.2) is 0 Å². The van der Waals surface area contributed by atoms with E-state index in [4.69, 9.17) is 0 Å². The SMILES string of the molecule is C=C(C)c1c(-c2ccccc2C)c2ccccc2c(C)[n+]1[O-]. The van der Waals surface area contributed by atoms with E-state index in [9.17, 15) is 5.21 Å². The molecule has 2 aromatic carbocycles. The van der Waals surface area contributed by atoms with Gasteiger partial charge in [-0.1, -0.05) is 49.0 Å². The Morgan fingerprint density at radius 2 is 1.55 bits per heavy atom. The highest BCUT2D eigenvalue weighted by atomic mass is 16.5. The van der Waals surface area contributed by atoms with Gasteiger partial charge in [0.2, 0.25) is 5.69 Å². The van der Waals surface area contributed by atoms with E-state index < -0.39 is 0 Å². The van der Waals surface area contributed by atoms with E-state index >= 15 is 0 Å². The van der Waals surface area contributed by atoms with E-state index in [2.05, 4.69) is 31.7 Å². The summed E-state index contributed by atoms with van der Waals surface area (Å²) < 4.78 is 1.02. The van der Waals surface area contributed by atoms with Crippen LogP contribution in [-0.2, 0) is 0 Å². The molecule has 0 saturated heterocycles. The molecule has 0 fully saturated rings. The number of rotatable bonds is 2. The van der Waals surface area contributed by atoms with Gasteiger partial charge in [-0.2, -0.15) is 4.73 Å². The number of hydrogen-bond donors (Lipinski definition) is 0. The summed E-state index contributed by atoms with van der Waals surface area (Å²) in [6.07, 6.45) is 0. The van der Waals surface area contributed by atoms with E-state index in [1.54, 1.807) is 0 Å². The van der Waals surface area contributed by atoms with Gasteiger partial charge in [0.15, 0.2) is 5.69 Å². The molecule has 0 spiro atoms. The first-order valence-electron chi connectivity index (χ1n) is 7.39. The van der Waals surface area contributed by atoms with Crippen LogP contribution in [0.1, 0.15) is 23.9 Å². The van der Waals surface area contributed by atoms with Crippen molar-refractivity contribution in [2.24, 2.45) is 0 Å². The summed E-state index contributed by atoms with van der Waals surface area (Å²) in [5.41, 5.74) is 5.36. The molecule has 0 aliphatic heterocycles. The summed E-state index contributed by atoms with van der Waals surface area (Å²) >= 11 is 0. The van der Waals surface area contributed by atoms with Crippen LogP contribution in [0.5, 0.6) is 0 Å². The van der Waals surface area contributed by atoms with Crippen molar-refractivity contribution < 1.29 is 4.73 Å². The Hall–Kier alpha value is -2.61. The zero-order valence-corrected chi connectivity index (χ0v) is 13.2. The third kappa shape index (κ3) is 2.08. The average Bonchev–Trinajstić information content (AvgIpc) is 2.51. The first-order valence-corrected chi connectivity index (χ1v) is 7.39. The molecule has 0 radical (unpaired) electrons. The Kier molecular flexibility index (Phi) is 3.45. The van der Waals surface area contributed by atoms with Crippen molar-refractivity contribution >= 4 is 16.3 Å². The summed E-state index contributed by atoms with van der Waals surface area (Å²) in [6.45, 7) is 9.85. The predicted octanol–water partition coefficient (Wildman–Crippen LogP) is 4.79. The largest absolute Gasteiger partial charge is 0.618 e. The average molecular weight is 289 g/mol. The number of nitrogens with zero attached hydrogens (tertiary/aromatic N) is 1. The predicted molar refractivity (Wildman–Crippen MR) is 92.5 cm³/mol. The van der Waals surface area contributed by atoms with E-state index in [1.807, 2.05) is 44.2 Å². The second-order valence-electron chi connectivity index (χ2n) is 5.74. The minimum Gasteiger partial charge on any atom is -0.618 e. The summed E-state index contributed by atoms with van der Waals surface area (Å²) in [5.74, 6) is 0. The van der Waals surface area contributed by atoms with Gasteiger partial charge in [-0.15, -0.1) is 0 Å². The van der Waals surface area contributed by atoms with Gasteiger partial charge in [-0.3, -0.25) is 0 Å². The zero-order valence-electron chi connectivity index (χ0n) is 13.2. The highest BCUT2D eigenvalue weighted by Crippen LogP contribution is 2.35. The lowest BCUT2D eigenvalue weighted by molar-refractivity contribution is -0.612. The fourth-order valence-corrected chi connectivity index (χ4v) is 3.04. The van der Waals surface area contributed by atoms with Gasteiger partial charge in [0.1, 0.15) is 0 Å². The van der Waals surface area contributed by atoms with E-state index in [0.717, 1.165) is 37.8 Å². The molecular formula is C20H19NO. The molecule has 3 rings (SSSR count). The molecule has 0 N–H and O–H groups in total. The third-order valence-electron chi connectivity index (χ3n) is 4.15. The van der Waals surface area contributed by atoms with Gasteiger partial charge in [0.25, 0.3) is 0 Å². The molecule has 1 heterocycles. The van der Waals surface area contributed by atoms with Gasteiger partial charge < -0.3 is 5.21 Å². The van der Waals surface area contributed by atoms with Gasteiger partial charge in [0.05, 0.1) is 10.9 Å². The molecule has 2 nitrogen and oxygen atoms in total. The van der Waals surface area contributed by atoms with Crippen LogP contribution >= 0.6 is 0 Å². The summed E-state index contributed by atoms with van der Waals surface area (Å²) in [6, 6.07) is 16.2. The van der Waals surface area contributed by atoms with Crippen molar-refractivity contribution in [2.75, 3.05) is 0 Å². The lowest BCUT2D eigenvalue weighted by Crippen LogP contribution is -2.35. The van der Waals surface area contributed by atoms with Crippen LogP contribution in [0.25, 0.3) is 27.5 Å². The summed E-state index contributed by atoms with van der Waals surface area (Å²) in [7, 11) is 0. The smallest absolute Gasteiger partial charge is 0.227 e. The number of pyridine rings is 1. The van der Waals surface area contributed by atoms with Crippen LogP contribution in [0.3, 0.4) is 0 Å². The zero-order chi connectivity index (χ0) is 15.9. The molecule has 0 aliphatic rings. The molecule has 0 saturated carbocycles. The van der Waals surface area contributed by atoms with Crippen molar-refractivity contribution in [1.82, 2.24) is 0 Å². The second-order valence-corrected chi connectivity index (χ2v) is 5.74. The molecule has 22 heavy (non-hydrogen) atoms. The normalized spacial score (nSPS) is 10.9. The maximum Gasteiger partial charge on any atom is 0.227 e. The number of aryl methyl sites for hydroxylation is 2. The molecule has 0 atom stereocenters. The van der Waals surface area contributed by atoms with E-state index in [1.165, 1.54) is 0 Å². The fraction of sp³-hybridized carbons (Fsp3) is 0.150. The lowest BCUT2D eigenvalue weighted by Gasteiger charge is -2.17. The van der Waals surface area contributed by atoms with Crippen LogP contribution < -0.4 is 4.73 Å². The molecule has 0 aliphatic carbocycles. The third-order valence-corrected chi connectivity index (χ3v) is 4.15. The Morgan fingerprint density at radius 1 is 0.955 bits per heavy atom. The minimum absolute atomic E-state index is 0.658. The number of fused-ring (bicyclic) bond motifs is 1. The summed E-state index contributed by atoms with van der Waals surface area (Å²) in [4.78, 5) is 0. The molecule has 0 amide bonds. The molecule has 1 aromatic heterocycles. The van der Waals surface area contributed by atoms with Crippen LogP contribution in [-0.4, -0.2) is 0 Å². The number of aromatic nitrogens is 1. The maximum atomic E-state index is 12.8.